The van der Waals surface area contributed by atoms with E-state index in [-0.39, 0.29) is 5.76 Å². The minimum Gasteiger partial charge on any atom is -0.492 e. The van der Waals surface area contributed by atoms with Crippen molar-refractivity contribution in [3.8, 4) is 0 Å². The van der Waals surface area contributed by atoms with Crippen molar-refractivity contribution in [1.29, 1.82) is 0 Å². The average molecular weight is 214 g/mol. The minimum absolute atomic E-state index is 0.113. The van der Waals surface area contributed by atoms with Gasteiger partial charge in [0, 0.05) is 6.08 Å². The Morgan fingerprint density at radius 1 is 1.43 bits per heavy atom. The van der Waals surface area contributed by atoms with Crippen LogP contribution in [0.2, 0.25) is 0 Å². The molecule has 0 heterocycles. The quantitative estimate of drug-likeness (QED) is 0.399. The first-order valence-electron chi connectivity index (χ1n) is 3.73. The highest BCUT2D eigenvalue weighted by atomic mass is 19.3. The van der Waals surface area contributed by atoms with Gasteiger partial charge in [0.2, 0.25) is 0 Å². The number of rotatable bonds is 5. The van der Waals surface area contributed by atoms with E-state index in [4.69, 9.17) is 0 Å². The van der Waals surface area contributed by atoms with Gasteiger partial charge < -0.3 is 4.74 Å². The van der Waals surface area contributed by atoms with Crippen LogP contribution in [0.15, 0.2) is 11.8 Å². The second kappa shape index (κ2) is 4.97. The molecule has 0 aliphatic carbocycles. The van der Waals surface area contributed by atoms with E-state index in [9.17, 15) is 22.4 Å². The second-order valence-corrected chi connectivity index (χ2v) is 2.72. The van der Waals surface area contributed by atoms with Crippen molar-refractivity contribution in [3.05, 3.63) is 11.8 Å². The Bertz CT molecular complexity index is 235. The lowest BCUT2D eigenvalue weighted by atomic mass is 10.3. The third kappa shape index (κ3) is 4.84. The number of allylic oxidation sites excluding steroid dienone is 2. The fourth-order valence-corrected chi connectivity index (χ4v) is 0.601. The molecule has 0 fully saturated rings. The third-order valence-corrected chi connectivity index (χ3v) is 1.22. The number of halogens is 4. The van der Waals surface area contributed by atoms with Crippen molar-refractivity contribution >= 4 is 5.78 Å². The van der Waals surface area contributed by atoms with Crippen molar-refractivity contribution in [1.82, 2.24) is 0 Å². The minimum atomic E-state index is -4.19. The lowest BCUT2D eigenvalue weighted by Gasteiger charge is -2.15. The summed E-state index contributed by atoms with van der Waals surface area (Å²) in [5.41, 5.74) is 0. The summed E-state index contributed by atoms with van der Waals surface area (Å²) in [5, 5.41) is 0. The highest BCUT2D eigenvalue weighted by Gasteiger charge is 2.41. The molecule has 82 valence electrons. The van der Waals surface area contributed by atoms with Crippen LogP contribution in [0.4, 0.5) is 17.6 Å². The lowest BCUT2D eigenvalue weighted by molar-refractivity contribution is -0.157. The Morgan fingerprint density at radius 2 is 1.93 bits per heavy atom. The molecular weight excluding hydrogens is 204 g/mol. The molecule has 6 heteroatoms. The first-order chi connectivity index (χ1) is 6.25. The van der Waals surface area contributed by atoms with Crippen LogP contribution in [0.1, 0.15) is 13.8 Å². The van der Waals surface area contributed by atoms with E-state index in [1.807, 2.05) is 0 Å². The summed E-state index contributed by atoms with van der Waals surface area (Å²) in [4.78, 5) is 10.4. The van der Waals surface area contributed by atoms with Crippen molar-refractivity contribution in [3.63, 3.8) is 0 Å². The van der Waals surface area contributed by atoms with E-state index in [0.717, 1.165) is 6.08 Å². The van der Waals surface area contributed by atoms with Crippen LogP contribution in [0.25, 0.3) is 0 Å². The SMILES string of the molecule is CC(=O)/C=C(\C)OCC(F)(F)C(F)F. The van der Waals surface area contributed by atoms with Gasteiger partial charge >= 0.3 is 12.3 Å². The van der Waals surface area contributed by atoms with Gasteiger partial charge in [-0.15, -0.1) is 0 Å². The maximum absolute atomic E-state index is 12.3. The van der Waals surface area contributed by atoms with Gasteiger partial charge in [-0.25, -0.2) is 8.78 Å². The molecular formula is C8H10F4O2. The molecule has 0 aromatic rings. The first-order valence-corrected chi connectivity index (χ1v) is 3.73. The third-order valence-electron chi connectivity index (χ3n) is 1.22. The molecule has 2 nitrogen and oxygen atoms in total. The monoisotopic (exact) mass is 214 g/mol. The number of carbonyl (C=O) groups excluding carboxylic acids is 1. The van der Waals surface area contributed by atoms with E-state index in [0.29, 0.717) is 0 Å². The smallest absolute Gasteiger partial charge is 0.340 e. The Kier molecular flexibility index (Phi) is 4.59. The number of ketones is 1. The Morgan fingerprint density at radius 3 is 2.29 bits per heavy atom. The summed E-state index contributed by atoms with van der Waals surface area (Å²) >= 11 is 0. The van der Waals surface area contributed by atoms with E-state index in [1.165, 1.54) is 13.8 Å². The number of ether oxygens (including phenoxy) is 1. The predicted octanol–water partition coefficient (Wildman–Crippen LogP) is 2.40. The highest BCUT2D eigenvalue weighted by molar-refractivity contribution is 5.87. The summed E-state index contributed by atoms with van der Waals surface area (Å²) in [7, 11) is 0. The normalized spacial score (nSPS) is 13.2. The maximum atomic E-state index is 12.3. The van der Waals surface area contributed by atoms with Gasteiger partial charge in [-0.05, 0) is 13.8 Å². The van der Waals surface area contributed by atoms with Crippen molar-refractivity contribution in [2.45, 2.75) is 26.2 Å². The van der Waals surface area contributed by atoms with Gasteiger partial charge in [0.15, 0.2) is 12.4 Å². The van der Waals surface area contributed by atoms with E-state index in [2.05, 4.69) is 4.74 Å². The van der Waals surface area contributed by atoms with Crippen molar-refractivity contribution in [2.24, 2.45) is 0 Å². The van der Waals surface area contributed by atoms with Crippen LogP contribution in [0, 0.1) is 0 Å². The molecule has 0 unspecified atom stereocenters. The molecule has 0 radical (unpaired) electrons. The largest absolute Gasteiger partial charge is 0.492 e. The van der Waals surface area contributed by atoms with Gasteiger partial charge in [0.05, 0.1) is 5.76 Å². The fraction of sp³-hybridized carbons (Fsp3) is 0.625. The van der Waals surface area contributed by atoms with Crippen LogP contribution < -0.4 is 0 Å². The van der Waals surface area contributed by atoms with Crippen LogP contribution in [0.3, 0.4) is 0 Å². The first kappa shape index (κ1) is 12.9. The molecule has 0 aliphatic heterocycles. The number of hydrogen-bond donors (Lipinski definition) is 0. The summed E-state index contributed by atoms with van der Waals surface area (Å²) in [6.45, 7) is 1.00. The van der Waals surface area contributed by atoms with Crippen molar-refractivity contribution < 1.29 is 27.1 Å². The summed E-state index contributed by atoms with van der Waals surface area (Å²) in [5.74, 6) is -4.70. The molecule has 0 saturated carbocycles. The number of alkyl halides is 4. The van der Waals surface area contributed by atoms with Crippen molar-refractivity contribution in [2.75, 3.05) is 6.61 Å². The zero-order valence-electron chi connectivity index (χ0n) is 7.69. The van der Waals surface area contributed by atoms with Gasteiger partial charge in [-0.3, -0.25) is 4.79 Å². The van der Waals surface area contributed by atoms with E-state index < -0.39 is 24.7 Å². The zero-order chi connectivity index (χ0) is 11.4. The molecule has 0 spiro atoms. The fourth-order valence-electron chi connectivity index (χ4n) is 0.601. The molecule has 0 atom stereocenters. The predicted molar refractivity (Wildman–Crippen MR) is 41.3 cm³/mol. The van der Waals surface area contributed by atoms with Crippen LogP contribution >= 0.6 is 0 Å². The molecule has 0 bridgehead atoms. The molecule has 0 amide bonds. The van der Waals surface area contributed by atoms with Gasteiger partial charge in [-0.1, -0.05) is 0 Å². The molecule has 0 saturated heterocycles. The lowest BCUT2D eigenvalue weighted by Crippen LogP contribution is -2.32. The van der Waals surface area contributed by atoms with Gasteiger partial charge in [0.25, 0.3) is 0 Å². The van der Waals surface area contributed by atoms with Gasteiger partial charge in [0.1, 0.15) is 0 Å². The molecule has 0 N–H and O–H groups in total. The number of carbonyl (C=O) groups is 1. The Labute approximate surface area is 78.5 Å². The summed E-state index contributed by atoms with van der Waals surface area (Å²) in [6.07, 6.45) is -2.82. The van der Waals surface area contributed by atoms with E-state index >= 15 is 0 Å². The highest BCUT2D eigenvalue weighted by Crippen LogP contribution is 2.23. The molecule has 0 rings (SSSR count). The van der Waals surface area contributed by atoms with Crippen LogP contribution in [0.5, 0.6) is 0 Å². The molecule has 0 aromatic carbocycles. The van der Waals surface area contributed by atoms with E-state index in [1.54, 1.807) is 0 Å². The zero-order valence-corrected chi connectivity index (χ0v) is 7.69. The molecule has 0 aliphatic rings. The van der Waals surface area contributed by atoms with Crippen LogP contribution in [-0.2, 0) is 9.53 Å². The standard InChI is InChI=1S/C8H10F4O2/c1-5(13)3-6(2)14-4-8(11,12)7(9)10/h3,7H,4H2,1-2H3/b6-3+. The molecule has 14 heavy (non-hydrogen) atoms. The van der Waals surface area contributed by atoms with Gasteiger partial charge in [-0.2, -0.15) is 8.78 Å². The summed E-state index contributed by atoms with van der Waals surface area (Å²) in [6, 6.07) is 0. The number of hydrogen-bond acceptors (Lipinski definition) is 2. The average Bonchev–Trinajstić information content (AvgIpc) is 1.99. The maximum Gasteiger partial charge on any atom is 0.340 e. The van der Waals surface area contributed by atoms with Crippen LogP contribution in [-0.4, -0.2) is 24.7 Å². The molecule has 0 aromatic heterocycles. The second-order valence-electron chi connectivity index (χ2n) is 2.72. The Hall–Kier alpha value is -1.07. The topological polar surface area (TPSA) is 26.3 Å². The Balaban J connectivity index is 4.12. The summed E-state index contributed by atoms with van der Waals surface area (Å²) < 4.78 is 52.0.